The molecule has 118 valence electrons. The fraction of sp³-hybridized carbons (Fsp3) is 0.786. The van der Waals surface area contributed by atoms with E-state index in [1.54, 1.807) is 11.3 Å². The summed E-state index contributed by atoms with van der Waals surface area (Å²) in [4.78, 5) is 7.24. The minimum atomic E-state index is 0. The molecule has 1 N–H and O–H groups in total. The average Bonchev–Trinajstić information content (AvgIpc) is 2.78. The van der Waals surface area contributed by atoms with Gasteiger partial charge in [-0.25, -0.2) is 4.98 Å². The summed E-state index contributed by atoms with van der Waals surface area (Å²) in [5, 5.41) is 6.88. The van der Waals surface area contributed by atoms with Gasteiger partial charge in [-0.05, 0) is 33.0 Å². The van der Waals surface area contributed by atoms with E-state index in [1.165, 1.54) is 23.5 Å². The van der Waals surface area contributed by atoms with Crippen molar-refractivity contribution in [3.63, 3.8) is 0 Å². The van der Waals surface area contributed by atoms with Gasteiger partial charge in [0, 0.05) is 16.8 Å². The molecule has 1 fully saturated rings. The maximum atomic E-state index is 4.78. The van der Waals surface area contributed by atoms with Gasteiger partial charge in [-0.1, -0.05) is 20.8 Å². The maximum Gasteiger partial charge on any atom is 0.107 e. The summed E-state index contributed by atoms with van der Waals surface area (Å²) in [5.41, 5.74) is 1.39. The van der Waals surface area contributed by atoms with Crippen molar-refractivity contribution in [3.8, 4) is 0 Å². The monoisotopic (exact) mass is 339 g/mol. The predicted octanol–water partition coefficient (Wildman–Crippen LogP) is 3.47. The van der Waals surface area contributed by atoms with Crippen LogP contribution in [0.2, 0.25) is 0 Å². The van der Waals surface area contributed by atoms with E-state index >= 15 is 0 Å². The van der Waals surface area contributed by atoms with Crippen LogP contribution in [-0.2, 0) is 12.0 Å². The number of nitrogens with one attached hydrogen (secondary N) is 1. The van der Waals surface area contributed by atoms with Crippen molar-refractivity contribution in [3.05, 3.63) is 16.1 Å². The van der Waals surface area contributed by atoms with Crippen LogP contribution in [0.1, 0.15) is 44.3 Å². The summed E-state index contributed by atoms with van der Waals surface area (Å²) in [6, 6.07) is 0.716. The van der Waals surface area contributed by atoms with Crippen molar-refractivity contribution in [2.24, 2.45) is 0 Å². The molecule has 0 spiro atoms. The highest BCUT2D eigenvalue weighted by Gasteiger charge is 2.21. The number of hydrogen-bond acceptors (Lipinski definition) is 4. The summed E-state index contributed by atoms with van der Waals surface area (Å²) in [5.74, 6) is 0. The minimum Gasteiger partial charge on any atom is -0.317 e. The third-order valence-corrected chi connectivity index (χ3v) is 4.47. The van der Waals surface area contributed by atoms with E-state index in [-0.39, 0.29) is 30.2 Å². The van der Waals surface area contributed by atoms with Crippen LogP contribution in [0.15, 0.2) is 5.38 Å². The van der Waals surface area contributed by atoms with Crippen molar-refractivity contribution in [1.82, 2.24) is 15.2 Å². The Balaban J connectivity index is 0.00000180. The van der Waals surface area contributed by atoms with Gasteiger partial charge in [-0.3, -0.25) is 4.90 Å². The number of piperidine rings is 1. The molecule has 0 saturated carbocycles. The maximum absolute atomic E-state index is 4.78. The Bertz CT molecular complexity index is 384. The van der Waals surface area contributed by atoms with Crippen LogP contribution in [-0.4, -0.2) is 36.1 Å². The molecule has 1 saturated heterocycles. The molecule has 1 aromatic heterocycles. The summed E-state index contributed by atoms with van der Waals surface area (Å²) >= 11 is 1.80. The standard InChI is InChI=1S/C14H25N3S.2ClH/c1-14(2,3)12-10-18-13(16-12)9-17(4)11-5-7-15-8-6-11;;/h10-11,15H,5-9H2,1-4H3;2*1H. The molecule has 20 heavy (non-hydrogen) atoms. The molecule has 2 heterocycles. The second-order valence-electron chi connectivity index (χ2n) is 6.27. The van der Waals surface area contributed by atoms with E-state index < -0.39 is 0 Å². The van der Waals surface area contributed by atoms with Gasteiger partial charge in [0.25, 0.3) is 0 Å². The van der Waals surface area contributed by atoms with Gasteiger partial charge in [-0.15, -0.1) is 36.2 Å². The van der Waals surface area contributed by atoms with Gasteiger partial charge < -0.3 is 5.32 Å². The summed E-state index contributed by atoms with van der Waals surface area (Å²) < 4.78 is 0. The van der Waals surface area contributed by atoms with Crippen LogP contribution >= 0.6 is 36.2 Å². The first-order valence-electron chi connectivity index (χ1n) is 6.82. The van der Waals surface area contributed by atoms with Crippen molar-refractivity contribution >= 4 is 36.2 Å². The van der Waals surface area contributed by atoms with Crippen LogP contribution < -0.4 is 5.32 Å². The Kier molecular flexibility index (Phi) is 8.60. The predicted molar refractivity (Wildman–Crippen MR) is 92.7 cm³/mol. The molecule has 0 aliphatic carbocycles. The fourth-order valence-electron chi connectivity index (χ4n) is 2.32. The quantitative estimate of drug-likeness (QED) is 0.913. The number of hydrogen-bond donors (Lipinski definition) is 1. The zero-order chi connectivity index (χ0) is 13.2. The van der Waals surface area contributed by atoms with E-state index in [9.17, 15) is 0 Å². The van der Waals surface area contributed by atoms with Gasteiger partial charge in [0.2, 0.25) is 0 Å². The number of halogens is 2. The molecule has 1 aliphatic rings. The van der Waals surface area contributed by atoms with Crippen LogP contribution in [0.5, 0.6) is 0 Å². The second kappa shape index (κ2) is 8.54. The molecule has 3 nitrogen and oxygen atoms in total. The third-order valence-electron chi connectivity index (χ3n) is 3.64. The normalized spacial score (nSPS) is 16.6. The van der Waals surface area contributed by atoms with Gasteiger partial charge in [-0.2, -0.15) is 0 Å². The van der Waals surface area contributed by atoms with E-state index in [2.05, 4.69) is 43.4 Å². The zero-order valence-electron chi connectivity index (χ0n) is 12.8. The molecule has 2 rings (SSSR count). The smallest absolute Gasteiger partial charge is 0.107 e. The Labute approximate surface area is 139 Å². The molecule has 1 aliphatic heterocycles. The third kappa shape index (κ3) is 5.49. The summed E-state index contributed by atoms with van der Waals surface area (Å²) in [6.07, 6.45) is 2.52. The van der Waals surface area contributed by atoms with E-state index in [1.807, 2.05) is 0 Å². The summed E-state index contributed by atoms with van der Waals surface area (Å²) in [6.45, 7) is 9.97. The largest absolute Gasteiger partial charge is 0.317 e. The lowest BCUT2D eigenvalue weighted by atomic mass is 9.93. The highest BCUT2D eigenvalue weighted by Crippen LogP contribution is 2.25. The van der Waals surface area contributed by atoms with Crippen molar-refractivity contribution in [2.75, 3.05) is 20.1 Å². The van der Waals surface area contributed by atoms with Crippen LogP contribution in [0, 0.1) is 0 Å². The molecule has 0 atom stereocenters. The highest BCUT2D eigenvalue weighted by molar-refractivity contribution is 7.09. The second-order valence-corrected chi connectivity index (χ2v) is 7.22. The van der Waals surface area contributed by atoms with Gasteiger partial charge in [0.05, 0.1) is 12.2 Å². The van der Waals surface area contributed by atoms with E-state index in [0.29, 0.717) is 6.04 Å². The molecule has 6 heteroatoms. The van der Waals surface area contributed by atoms with E-state index in [0.717, 1.165) is 19.6 Å². The van der Waals surface area contributed by atoms with Gasteiger partial charge in [0.15, 0.2) is 0 Å². The molecule has 0 amide bonds. The van der Waals surface area contributed by atoms with Crippen molar-refractivity contribution < 1.29 is 0 Å². The molecule has 0 aromatic carbocycles. The number of thiazole rings is 1. The van der Waals surface area contributed by atoms with Crippen molar-refractivity contribution in [1.29, 1.82) is 0 Å². The molecule has 1 aromatic rings. The Hall–Kier alpha value is 0.130. The molecule has 0 bridgehead atoms. The lowest BCUT2D eigenvalue weighted by molar-refractivity contribution is 0.191. The highest BCUT2D eigenvalue weighted by atomic mass is 35.5. The summed E-state index contributed by atoms with van der Waals surface area (Å²) in [7, 11) is 2.23. The van der Waals surface area contributed by atoms with E-state index in [4.69, 9.17) is 4.98 Å². The zero-order valence-corrected chi connectivity index (χ0v) is 15.3. The Morgan fingerprint density at radius 3 is 2.40 bits per heavy atom. The minimum absolute atomic E-state index is 0. The first kappa shape index (κ1) is 20.1. The SMILES string of the molecule is CN(Cc1nc(C(C)(C)C)cs1)C1CCNCC1.Cl.Cl. The number of rotatable bonds is 3. The van der Waals surface area contributed by atoms with Crippen molar-refractivity contribution in [2.45, 2.75) is 51.6 Å². The van der Waals surface area contributed by atoms with Crippen LogP contribution in [0.25, 0.3) is 0 Å². The topological polar surface area (TPSA) is 28.2 Å². The first-order valence-corrected chi connectivity index (χ1v) is 7.70. The molecular weight excluding hydrogens is 313 g/mol. The van der Waals surface area contributed by atoms with Crippen LogP contribution in [0.4, 0.5) is 0 Å². The fourth-order valence-corrected chi connectivity index (χ4v) is 3.40. The lowest BCUT2D eigenvalue weighted by Crippen LogP contribution is -2.40. The van der Waals surface area contributed by atoms with Gasteiger partial charge in [0.1, 0.15) is 5.01 Å². The number of nitrogens with zero attached hydrogens (tertiary/aromatic N) is 2. The first-order chi connectivity index (χ1) is 8.47. The lowest BCUT2D eigenvalue weighted by Gasteiger charge is -2.30. The molecular formula is C14H27Cl2N3S. The molecule has 0 unspecified atom stereocenters. The Morgan fingerprint density at radius 1 is 1.30 bits per heavy atom. The van der Waals surface area contributed by atoms with Gasteiger partial charge >= 0.3 is 0 Å². The average molecular weight is 340 g/mol. The number of aromatic nitrogens is 1. The van der Waals surface area contributed by atoms with Crippen LogP contribution in [0.3, 0.4) is 0 Å². The molecule has 0 radical (unpaired) electrons. The Morgan fingerprint density at radius 2 is 1.90 bits per heavy atom.